The van der Waals surface area contributed by atoms with E-state index >= 15 is 0 Å². The highest BCUT2D eigenvalue weighted by Gasteiger charge is 2.40. The van der Waals surface area contributed by atoms with Gasteiger partial charge in [0.15, 0.2) is 0 Å². The van der Waals surface area contributed by atoms with Crippen LogP contribution in [0.5, 0.6) is 0 Å². The lowest BCUT2D eigenvalue weighted by Crippen LogP contribution is -2.57. The van der Waals surface area contributed by atoms with E-state index in [1.165, 1.54) is 18.1 Å². The number of nitrogens with one attached hydrogen (secondary N) is 1. The summed E-state index contributed by atoms with van der Waals surface area (Å²) in [5.41, 5.74) is 0.889. The molecule has 0 aliphatic carbocycles. The summed E-state index contributed by atoms with van der Waals surface area (Å²) in [7, 11) is 0. The number of H-pyrrole nitrogens is 1. The van der Waals surface area contributed by atoms with E-state index in [0.29, 0.717) is 26.1 Å². The second-order valence-corrected chi connectivity index (χ2v) is 7.52. The second-order valence-electron chi connectivity index (χ2n) is 7.52. The highest BCUT2D eigenvalue weighted by Crippen LogP contribution is 2.31. The van der Waals surface area contributed by atoms with Crippen molar-refractivity contribution in [1.82, 2.24) is 19.8 Å². The first-order chi connectivity index (χ1) is 13.6. The van der Waals surface area contributed by atoms with E-state index in [1.807, 2.05) is 23.1 Å². The molecule has 2 aromatic rings. The van der Waals surface area contributed by atoms with Gasteiger partial charge in [-0.1, -0.05) is 30.3 Å². The van der Waals surface area contributed by atoms with E-state index in [-0.39, 0.29) is 29.3 Å². The number of hydrogen-bond acceptors (Lipinski definition) is 4. The molecule has 1 aromatic heterocycles. The van der Waals surface area contributed by atoms with Gasteiger partial charge >= 0.3 is 0 Å². The molecule has 4 rings (SSSR count). The van der Waals surface area contributed by atoms with E-state index < -0.39 is 5.56 Å². The zero-order chi connectivity index (χ0) is 19.5. The normalized spacial score (nSPS) is 22.1. The molecule has 1 N–H and O–H groups in total. The van der Waals surface area contributed by atoms with Crippen molar-refractivity contribution in [3.63, 3.8) is 0 Å². The minimum absolute atomic E-state index is 0.0776. The molecule has 1 aromatic carbocycles. The summed E-state index contributed by atoms with van der Waals surface area (Å²) in [6.45, 7) is 1.83. The number of carbonyl (C=O) groups is 2. The highest BCUT2D eigenvalue weighted by atomic mass is 16.2. The first kappa shape index (κ1) is 18.4. The van der Waals surface area contributed by atoms with Crippen LogP contribution in [0.2, 0.25) is 0 Å². The number of aromatic amines is 1. The van der Waals surface area contributed by atoms with Crippen LogP contribution < -0.4 is 5.56 Å². The van der Waals surface area contributed by atoms with Gasteiger partial charge in [-0.3, -0.25) is 14.4 Å². The van der Waals surface area contributed by atoms with Gasteiger partial charge < -0.3 is 14.8 Å². The summed E-state index contributed by atoms with van der Waals surface area (Å²) in [5, 5.41) is 0. The Kier molecular flexibility index (Phi) is 5.23. The van der Waals surface area contributed by atoms with Gasteiger partial charge in [0.25, 0.3) is 11.5 Å². The maximum atomic E-state index is 12.7. The number of benzene rings is 1. The third kappa shape index (κ3) is 3.69. The Labute approximate surface area is 163 Å². The van der Waals surface area contributed by atoms with Gasteiger partial charge in [-0.2, -0.15) is 0 Å². The molecule has 2 aliphatic rings. The first-order valence-corrected chi connectivity index (χ1v) is 9.79. The number of aromatic nitrogens is 2. The Morgan fingerprint density at radius 3 is 2.79 bits per heavy atom. The Balaban J connectivity index is 1.43. The minimum Gasteiger partial charge on any atom is -0.339 e. The number of hydrogen-bond donors (Lipinski definition) is 1. The number of piperidine rings is 2. The Hall–Kier alpha value is -2.96. The van der Waals surface area contributed by atoms with Gasteiger partial charge in [0.1, 0.15) is 5.56 Å². The van der Waals surface area contributed by atoms with Crippen LogP contribution in [0.1, 0.15) is 35.2 Å². The maximum Gasteiger partial charge on any atom is 0.263 e. The van der Waals surface area contributed by atoms with Crippen molar-refractivity contribution in [3.8, 4) is 0 Å². The molecule has 2 saturated heterocycles. The minimum atomic E-state index is -0.412. The summed E-state index contributed by atoms with van der Waals surface area (Å²) in [5.74, 6) is 0.183. The van der Waals surface area contributed by atoms with Crippen LogP contribution in [0.15, 0.2) is 47.7 Å². The van der Waals surface area contributed by atoms with E-state index in [0.717, 1.165) is 19.3 Å². The molecule has 2 fully saturated rings. The molecule has 0 saturated carbocycles. The molecular weight excluding hydrogens is 356 g/mol. The van der Waals surface area contributed by atoms with E-state index in [1.54, 1.807) is 4.90 Å². The van der Waals surface area contributed by atoms with Crippen LogP contribution in [0, 0.1) is 5.92 Å². The van der Waals surface area contributed by atoms with Gasteiger partial charge in [0.05, 0.1) is 6.33 Å². The van der Waals surface area contributed by atoms with E-state index in [4.69, 9.17) is 0 Å². The third-order valence-electron chi connectivity index (χ3n) is 5.86. The number of fused-ring (bicyclic) bond motifs is 1. The average molecular weight is 380 g/mol. The van der Waals surface area contributed by atoms with Crippen molar-refractivity contribution in [1.29, 1.82) is 0 Å². The summed E-state index contributed by atoms with van der Waals surface area (Å²) in [6, 6.07) is 10.4. The molecule has 146 valence electrons. The van der Waals surface area contributed by atoms with E-state index in [2.05, 4.69) is 22.1 Å². The molecule has 0 unspecified atom stereocenters. The molecule has 0 bridgehead atoms. The first-order valence-electron chi connectivity index (χ1n) is 9.79. The number of likely N-dealkylation sites (tertiary alicyclic amines) is 2. The van der Waals surface area contributed by atoms with Crippen LogP contribution in [0.4, 0.5) is 0 Å². The van der Waals surface area contributed by atoms with Crippen LogP contribution in [-0.4, -0.2) is 57.3 Å². The molecule has 2 amide bonds. The molecule has 2 atom stereocenters. The number of rotatable bonds is 4. The summed E-state index contributed by atoms with van der Waals surface area (Å²) in [6.07, 6.45) is 5.50. The zero-order valence-corrected chi connectivity index (χ0v) is 15.7. The van der Waals surface area contributed by atoms with Crippen molar-refractivity contribution in [2.24, 2.45) is 5.92 Å². The fourth-order valence-electron chi connectivity index (χ4n) is 4.39. The number of carbonyl (C=O) groups excluding carboxylic acids is 2. The van der Waals surface area contributed by atoms with Crippen LogP contribution in [-0.2, 0) is 11.2 Å². The van der Waals surface area contributed by atoms with Crippen molar-refractivity contribution in [3.05, 3.63) is 64.3 Å². The van der Waals surface area contributed by atoms with Gasteiger partial charge in [0.2, 0.25) is 5.91 Å². The molecular formula is C21H24N4O3. The second kappa shape index (κ2) is 7.96. The van der Waals surface area contributed by atoms with Crippen LogP contribution >= 0.6 is 0 Å². The predicted octanol–water partition coefficient (Wildman–Crippen LogP) is 1.47. The zero-order valence-electron chi connectivity index (χ0n) is 15.7. The lowest BCUT2D eigenvalue weighted by molar-refractivity contribution is -0.140. The van der Waals surface area contributed by atoms with Crippen LogP contribution in [0.25, 0.3) is 0 Å². The summed E-state index contributed by atoms with van der Waals surface area (Å²) in [4.78, 5) is 47.3. The van der Waals surface area contributed by atoms with Crippen molar-refractivity contribution < 1.29 is 9.59 Å². The third-order valence-corrected chi connectivity index (χ3v) is 5.86. The van der Waals surface area contributed by atoms with Gasteiger partial charge in [0, 0.05) is 38.3 Å². The molecule has 3 heterocycles. The smallest absolute Gasteiger partial charge is 0.263 e. The molecule has 7 heteroatoms. The standard InChI is InChI=1S/C21H24N4O3/c26-19-7-6-16-13-24(21(28)17-12-22-14-23-20(17)27)10-9-18(16)25(19)11-8-15-4-2-1-3-5-15/h1-5,12,14,16,18H,6-11,13H2,(H,22,23,27)/t16-,18+/m0/s1. The van der Waals surface area contributed by atoms with Gasteiger partial charge in [-0.15, -0.1) is 0 Å². The predicted molar refractivity (Wildman–Crippen MR) is 104 cm³/mol. The quantitative estimate of drug-likeness (QED) is 0.870. The van der Waals surface area contributed by atoms with E-state index in [9.17, 15) is 14.4 Å². The molecule has 28 heavy (non-hydrogen) atoms. The largest absolute Gasteiger partial charge is 0.339 e. The number of amides is 2. The molecule has 7 nitrogen and oxygen atoms in total. The Morgan fingerprint density at radius 1 is 1.18 bits per heavy atom. The molecule has 0 spiro atoms. The van der Waals surface area contributed by atoms with Crippen LogP contribution in [0.3, 0.4) is 0 Å². The fraction of sp³-hybridized carbons (Fsp3) is 0.429. The lowest BCUT2D eigenvalue weighted by atomic mass is 9.83. The molecule has 0 radical (unpaired) electrons. The summed E-state index contributed by atoms with van der Waals surface area (Å²) < 4.78 is 0. The van der Waals surface area contributed by atoms with Gasteiger partial charge in [-0.05, 0) is 30.7 Å². The Morgan fingerprint density at radius 2 is 2.00 bits per heavy atom. The highest BCUT2D eigenvalue weighted by molar-refractivity contribution is 5.93. The fourth-order valence-corrected chi connectivity index (χ4v) is 4.39. The van der Waals surface area contributed by atoms with Gasteiger partial charge in [-0.25, -0.2) is 4.98 Å². The lowest BCUT2D eigenvalue weighted by Gasteiger charge is -2.47. The Bertz CT molecular complexity index is 911. The van der Waals surface area contributed by atoms with Crippen molar-refractivity contribution in [2.45, 2.75) is 31.7 Å². The molecule has 2 aliphatic heterocycles. The SMILES string of the molecule is O=C(c1cnc[nH]c1=O)N1CC[C@@H]2[C@@H](CCC(=O)N2CCc2ccccc2)C1. The summed E-state index contributed by atoms with van der Waals surface area (Å²) >= 11 is 0. The average Bonchev–Trinajstić information content (AvgIpc) is 2.73. The maximum absolute atomic E-state index is 12.7. The van der Waals surface area contributed by atoms with Crippen molar-refractivity contribution in [2.75, 3.05) is 19.6 Å². The topological polar surface area (TPSA) is 86.4 Å². The number of nitrogens with zero attached hydrogens (tertiary/aromatic N) is 3. The monoisotopic (exact) mass is 380 g/mol. The van der Waals surface area contributed by atoms with Crippen molar-refractivity contribution >= 4 is 11.8 Å².